The van der Waals surface area contributed by atoms with Crippen LogP contribution in [-0.2, 0) is 20.1 Å². The summed E-state index contributed by atoms with van der Waals surface area (Å²) in [6, 6.07) is 5.84. The van der Waals surface area contributed by atoms with Crippen molar-refractivity contribution >= 4 is 17.6 Å². The molecule has 0 aliphatic rings. The van der Waals surface area contributed by atoms with Crippen molar-refractivity contribution in [2.24, 2.45) is 17.0 Å². The number of nitrogens with two attached hydrogens (primary N) is 2. The zero-order valence-corrected chi connectivity index (χ0v) is 16.3. The minimum Gasteiger partial charge on any atom is -0.469 e. The molecule has 0 saturated heterocycles. The van der Waals surface area contributed by atoms with Crippen LogP contribution in [0.3, 0.4) is 0 Å². The average molecular weight is 370 g/mol. The Labute approximate surface area is 154 Å². The predicted molar refractivity (Wildman–Crippen MR) is 99.4 cm³/mol. The monoisotopic (exact) mass is 369 g/mol. The summed E-state index contributed by atoms with van der Waals surface area (Å²) in [6.45, 7) is 5.66. The molecule has 4 N–H and O–H groups in total. The highest BCUT2D eigenvalue weighted by atomic mass is 35.5. The highest BCUT2D eigenvalue weighted by Crippen LogP contribution is 2.38. The highest BCUT2D eigenvalue weighted by Gasteiger charge is 2.40. The van der Waals surface area contributed by atoms with Gasteiger partial charge in [0.2, 0.25) is 0 Å². The van der Waals surface area contributed by atoms with Crippen LogP contribution in [0.5, 0.6) is 0 Å². The van der Waals surface area contributed by atoms with E-state index in [9.17, 15) is 4.79 Å². The molecule has 0 amide bonds. The second kappa shape index (κ2) is 9.08. The highest BCUT2D eigenvalue weighted by molar-refractivity contribution is 6.17. The van der Waals surface area contributed by atoms with E-state index in [0.717, 1.165) is 16.7 Å². The van der Waals surface area contributed by atoms with Gasteiger partial charge in [-0.1, -0.05) is 18.2 Å². The summed E-state index contributed by atoms with van der Waals surface area (Å²) < 4.78 is 10.9. The van der Waals surface area contributed by atoms with Crippen molar-refractivity contribution < 1.29 is 14.3 Å². The van der Waals surface area contributed by atoms with Crippen molar-refractivity contribution in [1.29, 1.82) is 0 Å². The van der Waals surface area contributed by atoms with Gasteiger partial charge in [0.1, 0.15) is 0 Å². The van der Waals surface area contributed by atoms with Gasteiger partial charge in [0, 0.05) is 19.1 Å². The third kappa shape index (κ3) is 5.63. The molecule has 0 spiro atoms. The summed E-state index contributed by atoms with van der Waals surface area (Å²) in [6.07, 6.45) is 0.999. The number of hydrogen-bond acceptors (Lipinski definition) is 6. The first-order valence-electron chi connectivity index (χ1n) is 7.92. The Hall–Kier alpha value is -1.76. The van der Waals surface area contributed by atoms with Gasteiger partial charge >= 0.3 is 5.97 Å². The van der Waals surface area contributed by atoms with E-state index in [1.807, 2.05) is 25.1 Å². The van der Waals surface area contributed by atoms with Gasteiger partial charge in [0.15, 0.2) is 0 Å². The number of hydrogen-bond donors (Lipinski definition) is 2. The summed E-state index contributed by atoms with van der Waals surface area (Å²) in [5.74, 6) is 5.56. The van der Waals surface area contributed by atoms with Gasteiger partial charge in [-0.2, -0.15) is 0 Å². The molecule has 1 unspecified atom stereocenters. The molecule has 6 nitrogen and oxygen atoms in total. The van der Waals surface area contributed by atoms with Crippen LogP contribution in [0.1, 0.15) is 36.6 Å². The lowest BCUT2D eigenvalue weighted by Crippen LogP contribution is -2.35. The van der Waals surface area contributed by atoms with E-state index >= 15 is 0 Å². The largest absolute Gasteiger partial charge is 0.469 e. The number of benzene rings is 1. The van der Waals surface area contributed by atoms with E-state index in [4.69, 9.17) is 32.7 Å². The van der Waals surface area contributed by atoms with Crippen LogP contribution in [-0.4, -0.2) is 31.7 Å². The lowest BCUT2D eigenvalue weighted by Gasteiger charge is -2.32. The Morgan fingerprint density at radius 3 is 2.60 bits per heavy atom. The SMILES string of the molecule is COC(=O)C(C)(C)C(OC/C(N)=C/N(C)N)c1ccc(C)c(CCl)c1. The molecule has 1 atom stereocenters. The van der Waals surface area contributed by atoms with Crippen LogP contribution in [0, 0.1) is 12.3 Å². The van der Waals surface area contributed by atoms with Crippen molar-refractivity contribution in [2.45, 2.75) is 32.8 Å². The number of alkyl halides is 1. The molecule has 0 aliphatic heterocycles. The summed E-state index contributed by atoms with van der Waals surface area (Å²) in [4.78, 5) is 12.3. The lowest BCUT2D eigenvalue weighted by atomic mass is 9.81. The molecule has 7 heteroatoms. The molecule has 1 aromatic carbocycles. The van der Waals surface area contributed by atoms with Gasteiger partial charge in [-0.15, -0.1) is 11.6 Å². The number of methoxy groups -OCH3 is 1. The van der Waals surface area contributed by atoms with Crippen molar-refractivity contribution in [3.8, 4) is 0 Å². The van der Waals surface area contributed by atoms with Crippen LogP contribution in [0.25, 0.3) is 0 Å². The average Bonchev–Trinajstić information content (AvgIpc) is 2.54. The van der Waals surface area contributed by atoms with Crippen molar-refractivity contribution in [3.63, 3.8) is 0 Å². The molecule has 0 bridgehead atoms. The van der Waals surface area contributed by atoms with E-state index < -0.39 is 11.5 Å². The zero-order chi connectivity index (χ0) is 19.2. The third-order valence-electron chi connectivity index (χ3n) is 3.97. The number of carbonyl (C=O) groups excluding carboxylic acids is 1. The first kappa shape index (κ1) is 21.3. The molecule has 0 radical (unpaired) electrons. The van der Waals surface area contributed by atoms with Gasteiger partial charge in [-0.3, -0.25) is 4.79 Å². The van der Waals surface area contributed by atoms with Crippen molar-refractivity contribution in [2.75, 3.05) is 20.8 Å². The fourth-order valence-corrected chi connectivity index (χ4v) is 2.86. The summed E-state index contributed by atoms with van der Waals surface area (Å²) in [5.41, 5.74) is 8.35. The number of ether oxygens (including phenoxy) is 2. The Morgan fingerprint density at radius 1 is 1.44 bits per heavy atom. The van der Waals surface area contributed by atoms with Crippen LogP contribution in [0.15, 0.2) is 30.1 Å². The van der Waals surface area contributed by atoms with E-state index in [-0.39, 0.29) is 12.6 Å². The molecule has 1 aromatic rings. The molecule has 0 heterocycles. The molecule has 1 rings (SSSR count). The number of hydrazine groups is 1. The number of aryl methyl sites for hydroxylation is 1. The van der Waals surface area contributed by atoms with Gasteiger partial charge in [-0.25, -0.2) is 5.84 Å². The number of esters is 1. The van der Waals surface area contributed by atoms with Crippen LogP contribution in [0.2, 0.25) is 0 Å². The maximum Gasteiger partial charge on any atom is 0.314 e. The first-order chi connectivity index (χ1) is 11.6. The lowest BCUT2D eigenvalue weighted by molar-refractivity contribution is -0.160. The fraction of sp³-hybridized carbons (Fsp3) is 0.500. The Morgan fingerprint density at radius 2 is 2.08 bits per heavy atom. The van der Waals surface area contributed by atoms with Gasteiger partial charge in [0.25, 0.3) is 0 Å². The molecule has 140 valence electrons. The summed E-state index contributed by atoms with van der Waals surface area (Å²) >= 11 is 6.02. The van der Waals surface area contributed by atoms with Crippen LogP contribution in [0.4, 0.5) is 0 Å². The van der Waals surface area contributed by atoms with Crippen LogP contribution >= 0.6 is 11.6 Å². The first-order valence-corrected chi connectivity index (χ1v) is 8.46. The Kier molecular flexibility index (Phi) is 7.73. The van der Waals surface area contributed by atoms with Gasteiger partial charge < -0.3 is 20.2 Å². The second-order valence-corrected chi connectivity index (χ2v) is 6.86. The number of halogens is 1. The third-order valence-corrected chi connectivity index (χ3v) is 4.26. The minimum absolute atomic E-state index is 0.122. The van der Waals surface area contributed by atoms with E-state index in [1.54, 1.807) is 27.1 Å². The normalized spacial score (nSPS) is 13.5. The molecule has 0 aromatic heterocycles. The maximum atomic E-state index is 12.3. The molecule has 0 fully saturated rings. The topological polar surface area (TPSA) is 90.8 Å². The molecular formula is C18H28ClN3O3. The zero-order valence-electron chi connectivity index (χ0n) is 15.5. The number of nitrogens with zero attached hydrogens (tertiary/aromatic N) is 1. The number of rotatable bonds is 8. The van der Waals surface area contributed by atoms with Crippen molar-refractivity contribution in [3.05, 3.63) is 46.8 Å². The second-order valence-electron chi connectivity index (χ2n) is 6.59. The number of carbonyl (C=O) groups is 1. The Bertz CT molecular complexity index is 630. The standard InChI is InChI=1S/C18H28ClN3O3/c1-12-6-7-13(8-14(12)9-19)16(18(2,3)17(23)24-5)25-11-15(20)10-22(4)21/h6-8,10,16H,9,11,20-21H2,1-5H3/b15-10-. The summed E-state index contributed by atoms with van der Waals surface area (Å²) in [7, 11) is 3.02. The quantitative estimate of drug-likeness (QED) is 0.317. The van der Waals surface area contributed by atoms with Gasteiger partial charge in [-0.05, 0) is 37.5 Å². The molecule has 25 heavy (non-hydrogen) atoms. The molecular weight excluding hydrogens is 342 g/mol. The maximum absolute atomic E-state index is 12.3. The van der Waals surface area contributed by atoms with Crippen LogP contribution < -0.4 is 11.6 Å². The van der Waals surface area contributed by atoms with Crippen molar-refractivity contribution in [1.82, 2.24) is 5.01 Å². The van der Waals surface area contributed by atoms with E-state index in [0.29, 0.717) is 11.6 Å². The molecule has 0 saturated carbocycles. The predicted octanol–water partition coefficient (Wildman–Crippen LogP) is 2.60. The minimum atomic E-state index is -0.914. The Balaban J connectivity index is 3.22. The summed E-state index contributed by atoms with van der Waals surface area (Å²) in [5, 5.41) is 1.34. The fourth-order valence-electron chi connectivity index (χ4n) is 2.57. The van der Waals surface area contributed by atoms with Gasteiger partial charge in [0.05, 0.1) is 30.9 Å². The molecule has 0 aliphatic carbocycles. The van der Waals surface area contributed by atoms with E-state index in [1.165, 1.54) is 12.1 Å². The smallest absolute Gasteiger partial charge is 0.314 e. The van der Waals surface area contributed by atoms with E-state index in [2.05, 4.69) is 0 Å².